The molecule has 2 aromatic heterocycles. The van der Waals surface area contributed by atoms with E-state index in [9.17, 15) is 4.79 Å². The molecule has 0 atom stereocenters. The summed E-state index contributed by atoms with van der Waals surface area (Å²) in [5.74, 6) is 2.41. The van der Waals surface area contributed by atoms with Gasteiger partial charge in [-0.2, -0.15) is 16.9 Å². The van der Waals surface area contributed by atoms with Gasteiger partial charge in [-0.05, 0) is 55.1 Å². The molecule has 1 fully saturated rings. The Morgan fingerprint density at radius 2 is 2.03 bits per heavy atom. The number of benzene rings is 2. The van der Waals surface area contributed by atoms with E-state index in [2.05, 4.69) is 35.7 Å². The second-order valence-corrected chi connectivity index (χ2v) is 9.68. The average molecular weight is 504 g/mol. The fraction of sp³-hybridized carbons (Fsp3) is 0.308. The number of aromatic nitrogens is 4. The first-order chi connectivity index (χ1) is 17.7. The molecule has 1 aliphatic heterocycles. The van der Waals surface area contributed by atoms with Crippen LogP contribution in [0, 0.1) is 0 Å². The third-order valence-corrected chi connectivity index (χ3v) is 6.96. The van der Waals surface area contributed by atoms with Crippen molar-refractivity contribution in [2.45, 2.75) is 6.42 Å². The molecule has 9 nitrogen and oxygen atoms in total. The van der Waals surface area contributed by atoms with Gasteiger partial charge in [0.25, 0.3) is 0 Å². The van der Waals surface area contributed by atoms with Crippen LogP contribution >= 0.6 is 11.8 Å². The summed E-state index contributed by atoms with van der Waals surface area (Å²) in [7, 11) is 0. The molecule has 0 aliphatic carbocycles. The van der Waals surface area contributed by atoms with Crippen LogP contribution in [0.15, 0.2) is 61.1 Å². The van der Waals surface area contributed by atoms with E-state index in [4.69, 9.17) is 4.74 Å². The Morgan fingerprint density at radius 3 is 2.94 bits per heavy atom. The Labute approximate surface area is 213 Å². The fourth-order valence-electron chi connectivity index (χ4n) is 4.09. The van der Waals surface area contributed by atoms with E-state index < -0.39 is 0 Å². The summed E-state index contributed by atoms with van der Waals surface area (Å²) in [6, 6.07) is 11.6. The standard InChI is InChI=1S/C26H29N7O2S/c34-25(3-1-13-36-14-2-8-33-9-11-35-12-10-33)30-20-6-7-23-22(15-20)26(28-18-27-23)31-21-5-4-19-17-29-32-24(19)16-21/h1,3-7,15-18H,2,8-14H2,(H,29,32)(H,30,34)(H,27,28,31). The normalized spacial score (nSPS) is 14.6. The van der Waals surface area contributed by atoms with Gasteiger partial charge in [-0.25, -0.2) is 9.97 Å². The number of amides is 1. The molecule has 0 spiro atoms. The van der Waals surface area contributed by atoms with Gasteiger partial charge in [0.05, 0.1) is 30.4 Å². The van der Waals surface area contributed by atoms with Crippen molar-refractivity contribution in [1.29, 1.82) is 0 Å². The lowest BCUT2D eigenvalue weighted by Gasteiger charge is -2.26. The zero-order valence-electron chi connectivity index (χ0n) is 19.9. The SMILES string of the molecule is O=C(C=CCSCCCN1CCOCC1)Nc1ccc2ncnc(Nc3ccc4cn[nH]c4c3)c2c1. The fourth-order valence-corrected chi connectivity index (χ4v) is 4.82. The van der Waals surface area contributed by atoms with E-state index in [-0.39, 0.29) is 5.91 Å². The molecule has 3 N–H and O–H groups in total. The molecule has 1 saturated heterocycles. The maximum Gasteiger partial charge on any atom is 0.248 e. The number of carbonyl (C=O) groups is 1. The monoisotopic (exact) mass is 503 g/mol. The summed E-state index contributed by atoms with van der Waals surface area (Å²) < 4.78 is 5.38. The zero-order valence-corrected chi connectivity index (χ0v) is 20.8. The number of hydrogen-bond donors (Lipinski definition) is 3. The van der Waals surface area contributed by atoms with Gasteiger partial charge in [-0.15, -0.1) is 0 Å². The number of carbonyl (C=O) groups excluding carboxylic acids is 1. The van der Waals surface area contributed by atoms with Crippen molar-refractivity contribution in [3.63, 3.8) is 0 Å². The molecule has 0 radical (unpaired) electrons. The van der Waals surface area contributed by atoms with Gasteiger partial charge in [0.2, 0.25) is 5.91 Å². The van der Waals surface area contributed by atoms with Crippen molar-refractivity contribution in [3.8, 4) is 0 Å². The predicted molar refractivity (Wildman–Crippen MR) is 146 cm³/mol. The Morgan fingerprint density at radius 1 is 1.14 bits per heavy atom. The predicted octanol–water partition coefficient (Wildman–Crippen LogP) is 4.20. The Bertz CT molecular complexity index is 1350. The minimum Gasteiger partial charge on any atom is -0.379 e. The summed E-state index contributed by atoms with van der Waals surface area (Å²) in [5.41, 5.74) is 3.30. The molecular formula is C26H29N7O2S. The third-order valence-electron chi connectivity index (χ3n) is 5.96. The highest BCUT2D eigenvalue weighted by Gasteiger charge is 2.09. The van der Waals surface area contributed by atoms with Crippen LogP contribution in [0.25, 0.3) is 21.8 Å². The first-order valence-corrected chi connectivity index (χ1v) is 13.2. The van der Waals surface area contributed by atoms with E-state index in [1.807, 2.05) is 54.2 Å². The van der Waals surface area contributed by atoms with Gasteiger partial charge >= 0.3 is 0 Å². The van der Waals surface area contributed by atoms with Crippen LogP contribution in [-0.2, 0) is 9.53 Å². The van der Waals surface area contributed by atoms with Gasteiger partial charge in [0.1, 0.15) is 12.1 Å². The van der Waals surface area contributed by atoms with E-state index >= 15 is 0 Å². The molecule has 5 rings (SSSR count). The Kier molecular flexibility index (Phi) is 8.06. The largest absolute Gasteiger partial charge is 0.379 e. The van der Waals surface area contributed by atoms with Crippen LogP contribution in [0.3, 0.4) is 0 Å². The number of anilines is 3. The van der Waals surface area contributed by atoms with Crippen LogP contribution in [0.1, 0.15) is 6.42 Å². The highest BCUT2D eigenvalue weighted by atomic mass is 32.2. The molecule has 10 heteroatoms. The lowest BCUT2D eigenvalue weighted by atomic mass is 10.2. The van der Waals surface area contributed by atoms with E-state index in [0.717, 1.165) is 78.3 Å². The first kappa shape index (κ1) is 24.2. The molecule has 0 unspecified atom stereocenters. The lowest BCUT2D eigenvalue weighted by Crippen LogP contribution is -2.36. The van der Waals surface area contributed by atoms with Gasteiger partial charge < -0.3 is 15.4 Å². The molecule has 2 aromatic carbocycles. The smallest absolute Gasteiger partial charge is 0.248 e. The molecule has 36 heavy (non-hydrogen) atoms. The quantitative estimate of drug-likeness (QED) is 0.218. The van der Waals surface area contributed by atoms with Gasteiger partial charge in [0, 0.05) is 47.1 Å². The molecule has 4 aromatic rings. The number of fused-ring (bicyclic) bond motifs is 2. The number of thioether (sulfide) groups is 1. The number of H-pyrrole nitrogens is 1. The average Bonchev–Trinajstić information content (AvgIpc) is 3.37. The van der Waals surface area contributed by atoms with Gasteiger partial charge in [-0.1, -0.05) is 6.08 Å². The van der Waals surface area contributed by atoms with Gasteiger partial charge in [-0.3, -0.25) is 14.8 Å². The second kappa shape index (κ2) is 12.0. The first-order valence-electron chi connectivity index (χ1n) is 12.0. The van der Waals surface area contributed by atoms with Crippen LogP contribution < -0.4 is 10.6 Å². The summed E-state index contributed by atoms with van der Waals surface area (Å²) in [5, 5.41) is 15.2. The number of aromatic amines is 1. The molecule has 3 heterocycles. The maximum absolute atomic E-state index is 12.4. The minimum atomic E-state index is -0.153. The zero-order chi connectivity index (χ0) is 24.6. The van der Waals surface area contributed by atoms with E-state index in [1.165, 1.54) is 6.33 Å². The van der Waals surface area contributed by atoms with E-state index in [0.29, 0.717) is 11.5 Å². The summed E-state index contributed by atoms with van der Waals surface area (Å²) in [6.45, 7) is 4.86. The van der Waals surface area contributed by atoms with Gasteiger partial charge in [0.15, 0.2) is 0 Å². The Balaban J connectivity index is 1.14. The number of nitrogens with zero attached hydrogens (tertiary/aromatic N) is 4. The highest BCUT2D eigenvalue weighted by molar-refractivity contribution is 7.99. The molecule has 0 saturated carbocycles. The summed E-state index contributed by atoms with van der Waals surface area (Å²) in [4.78, 5) is 23.7. The van der Waals surface area contributed by atoms with Crippen LogP contribution in [0.2, 0.25) is 0 Å². The van der Waals surface area contributed by atoms with Crippen LogP contribution in [0.4, 0.5) is 17.2 Å². The summed E-state index contributed by atoms with van der Waals surface area (Å²) >= 11 is 1.84. The second-order valence-electron chi connectivity index (χ2n) is 8.53. The van der Waals surface area contributed by atoms with E-state index in [1.54, 1.807) is 12.3 Å². The van der Waals surface area contributed by atoms with Crippen LogP contribution in [0.5, 0.6) is 0 Å². The van der Waals surface area contributed by atoms with Crippen molar-refractivity contribution in [3.05, 3.63) is 61.1 Å². The van der Waals surface area contributed by atoms with Crippen LogP contribution in [-0.4, -0.2) is 75.3 Å². The van der Waals surface area contributed by atoms with Crippen molar-refractivity contribution < 1.29 is 9.53 Å². The molecule has 0 bridgehead atoms. The molecule has 1 aliphatic rings. The number of morpholine rings is 1. The minimum absolute atomic E-state index is 0.153. The number of rotatable bonds is 10. The molecule has 1 amide bonds. The van der Waals surface area contributed by atoms with Crippen molar-refractivity contribution in [2.75, 3.05) is 55.0 Å². The molecular weight excluding hydrogens is 474 g/mol. The highest BCUT2D eigenvalue weighted by Crippen LogP contribution is 2.27. The van der Waals surface area contributed by atoms with Crippen molar-refractivity contribution in [2.24, 2.45) is 0 Å². The maximum atomic E-state index is 12.4. The number of ether oxygens (including phenoxy) is 1. The van der Waals surface area contributed by atoms with Crippen molar-refractivity contribution in [1.82, 2.24) is 25.1 Å². The Hall–Kier alpha value is -3.47. The lowest BCUT2D eigenvalue weighted by molar-refractivity contribution is -0.111. The third kappa shape index (κ3) is 6.39. The van der Waals surface area contributed by atoms with Crippen molar-refractivity contribution >= 4 is 56.7 Å². The topological polar surface area (TPSA) is 108 Å². The number of nitrogens with one attached hydrogen (secondary N) is 3. The number of hydrogen-bond acceptors (Lipinski definition) is 8. The summed E-state index contributed by atoms with van der Waals surface area (Å²) in [6.07, 6.45) is 7.97. The molecule has 186 valence electrons.